The largest absolute Gasteiger partial charge is 0.482 e. The van der Waals surface area contributed by atoms with Crippen LogP contribution in [0.5, 0.6) is 5.75 Å². The van der Waals surface area contributed by atoms with Crippen LogP contribution >= 0.6 is 0 Å². The maximum atomic E-state index is 12.7. The third-order valence-corrected chi connectivity index (χ3v) is 4.62. The number of hydrogen-bond donors (Lipinski definition) is 0. The fraction of sp³-hybridized carbons (Fsp3) is 0.391. The van der Waals surface area contributed by atoms with Crippen LogP contribution in [0.1, 0.15) is 31.4 Å². The van der Waals surface area contributed by atoms with Gasteiger partial charge in [-0.15, -0.1) is 0 Å². The fourth-order valence-electron chi connectivity index (χ4n) is 3.12. The second-order valence-electron chi connectivity index (χ2n) is 7.43. The summed E-state index contributed by atoms with van der Waals surface area (Å²) in [6.45, 7) is 3.88. The zero-order chi connectivity index (χ0) is 23.0. The van der Waals surface area contributed by atoms with Gasteiger partial charge in [-0.25, -0.2) is 4.79 Å². The van der Waals surface area contributed by atoms with Crippen molar-refractivity contribution in [2.45, 2.75) is 32.9 Å². The molecule has 0 saturated carbocycles. The molecule has 31 heavy (non-hydrogen) atoms. The Bertz CT molecular complexity index is 878. The highest BCUT2D eigenvalue weighted by atomic mass is 19.4. The number of esters is 1. The smallest absolute Gasteiger partial charge is 0.416 e. The number of benzene rings is 2. The standard InChI is InChI=1S/C23H27F3N2O3/c1-16(14-18-5-11-21(12-6-18)31-15-22(29)30-4)13-17(2)27-28(3)20-9-7-19(8-10-20)23(24,25)26/h5-12,16H,13-15H2,1-4H3/b27-17-. The minimum Gasteiger partial charge on any atom is -0.482 e. The Morgan fingerprint density at radius 2 is 1.71 bits per heavy atom. The number of anilines is 1. The molecule has 0 amide bonds. The van der Waals surface area contributed by atoms with Crippen LogP contribution in [0.15, 0.2) is 53.6 Å². The van der Waals surface area contributed by atoms with Crippen LogP contribution in [0.4, 0.5) is 18.9 Å². The first kappa shape index (κ1) is 24.2. The number of methoxy groups -OCH3 is 1. The van der Waals surface area contributed by atoms with Gasteiger partial charge >= 0.3 is 12.1 Å². The summed E-state index contributed by atoms with van der Waals surface area (Å²) < 4.78 is 48.0. The van der Waals surface area contributed by atoms with Gasteiger partial charge in [-0.05, 0) is 67.6 Å². The summed E-state index contributed by atoms with van der Waals surface area (Å²) >= 11 is 0. The zero-order valence-corrected chi connectivity index (χ0v) is 18.1. The fourth-order valence-corrected chi connectivity index (χ4v) is 3.12. The number of halogens is 3. The van der Waals surface area contributed by atoms with Crippen LogP contribution in [-0.4, -0.2) is 32.4 Å². The highest BCUT2D eigenvalue weighted by molar-refractivity contribution is 5.83. The van der Waals surface area contributed by atoms with Crippen molar-refractivity contribution in [2.75, 3.05) is 25.8 Å². The van der Waals surface area contributed by atoms with Gasteiger partial charge in [0.1, 0.15) is 5.75 Å². The Balaban J connectivity index is 1.88. The average Bonchev–Trinajstić information content (AvgIpc) is 2.72. The summed E-state index contributed by atoms with van der Waals surface area (Å²) in [7, 11) is 3.02. The minimum absolute atomic E-state index is 0.131. The molecule has 168 valence electrons. The van der Waals surface area contributed by atoms with E-state index in [-0.39, 0.29) is 6.61 Å². The molecule has 0 aliphatic rings. The molecular formula is C23H27F3N2O3. The summed E-state index contributed by atoms with van der Waals surface area (Å²) in [6.07, 6.45) is -2.78. The Kier molecular flexibility index (Phi) is 8.47. The lowest BCUT2D eigenvalue weighted by Crippen LogP contribution is -2.14. The van der Waals surface area contributed by atoms with E-state index in [2.05, 4.69) is 16.8 Å². The van der Waals surface area contributed by atoms with Crippen LogP contribution in [0, 0.1) is 5.92 Å². The number of ether oxygens (including phenoxy) is 2. The molecule has 1 atom stereocenters. The van der Waals surface area contributed by atoms with Crippen molar-refractivity contribution in [1.82, 2.24) is 0 Å². The molecule has 5 nitrogen and oxygen atoms in total. The lowest BCUT2D eigenvalue weighted by Gasteiger charge is -2.17. The third kappa shape index (κ3) is 7.96. The monoisotopic (exact) mass is 436 g/mol. The molecule has 0 fully saturated rings. The van der Waals surface area contributed by atoms with Gasteiger partial charge in [-0.3, -0.25) is 5.01 Å². The van der Waals surface area contributed by atoms with E-state index < -0.39 is 17.7 Å². The number of rotatable bonds is 9. The molecule has 0 spiro atoms. The van der Waals surface area contributed by atoms with Crippen LogP contribution in [0.3, 0.4) is 0 Å². The molecule has 0 N–H and O–H groups in total. The minimum atomic E-state index is -4.35. The SMILES string of the molecule is COC(=O)COc1ccc(CC(C)C/C(C)=N\N(C)c2ccc(C(F)(F)F)cc2)cc1. The molecule has 2 aromatic rings. The van der Waals surface area contributed by atoms with Crippen molar-refractivity contribution in [3.05, 3.63) is 59.7 Å². The van der Waals surface area contributed by atoms with Gasteiger partial charge in [0.2, 0.25) is 0 Å². The molecule has 0 bridgehead atoms. The zero-order valence-electron chi connectivity index (χ0n) is 18.1. The van der Waals surface area contributed by atoms with Crippen molar-refractivity contribution in [2.24, 2.45) is 11.0 Å². The maximum Gasteiger partial charge on any atom is 0.416 e. The molecule has 0 aromatic heterocycles. The van der Waals surface area contributed by atoms with Gasteiger partial charge in [-0.2, -0.15) is 18.3 Å². The summed E-state index contributed by atoms with van der Waals surface area (Å²) in [6, 6.07) is 12.4. The van der Waals surface area contributed by atoms with E-state index in [9.17, 15) is 18.0 Å². The maximum absolute atomic E-state index is 12.7. The summed E-state index contributed by atoms with van der Waals surface area (Å²) in [5, 5.41) is 6.07. The molecule has 0 aliphatic carbocycles. The predicted molar refractivity (Wildman–Crippen MR) is 114 cm³/mol. The van der Waals surface area contributed by atoms with E-state index in [0.29, 0.717) is 17.4 Å². The Hall–Kier alpha value is -3.03. The average molecular weight is 436 g/mol. The molecule has 2 aromatic carbocycles. The van der Waals surface area contributed by atoms with Gasteiger partial charge in [0, 0.05) is 12.8 Å². The van der Waals surface area contributed by atoms with Crippen LogP contribution < -0.4 is 9.75 Å². The van der Waals surface area contributed by atoms with Gasteiger partial charge in [0.25, 0.3) is 0 Å². The van der Waals surface area contributed by atoms with Gasteiger partial charge < -0.3 is 9.47 Å². The molecule has 0 saturated heterocycles. The Morgan fingerprint density at radius 1 is 1.10 bits per heavy atom. The lowest BCUT2D eigenvalue weighted by molar-refractivity contribution is -0.143. The Labute approximate surface area is 180 Å². The van der Waals surface area contributed by atoms with E-state index in [0.717, 1.165) is 36.2 Å². The number of carbonyl (C=O) groups excluding carboxylic acids is 1. The second-order valence-corrected chi connectivity index (χ2v) is 7.43. The van der Waals surface area contributed by atoms with Crippen LogP contribution in [-0.2, 0) is 22.1 Å². The van der Waals surface area contributed by atoms with Crippen LogP contribution in [0.25, 0.3) is 0 Å². The number of hydrogen-bond acceptors (Lipinski definition) is 5. The quantitative estimate of drug-likeness (QED) is 0.303. The second kappa shape index (κ2) is 10.8. The van der Waals surface area contributed by atoms with Crippen molar-refractivity contribution < 1.29 is 27.4 Å². The van der Waals surface area contributed by atoms with Crippen molar-refractivity contribution in [1.29, 1.82) is 0 Å². The molecule has 0 heterocycles. The van der Waals surface area contributed by atoms with E-state index in [1.807, 2.05) is 31.2 Å². The van der Waals surface area contributed by atoms with Gasteiger partial charge in [0.15, 0.2) is 6.61 Å². The van der Waals surface area contributed by atoms with Gasteiger partial charge in [-0.1, -0.05) is 19.1 Å². The summed E-state index contributed by atoms with van der Waals surface area (Å²) in [5.41, 5.74) is 1.91. The first-order valence-corrected chi connectivity index (χ1v) is 9.82. The van der Waals surface area contributed by atoms with E-state index in [1.165, 1.54) is 19.2 Å². The van der Waals surface area contributed by atoms with Crippen molar-refractivity contribution in [3.8, 4) is 5.75 Å². The topological polar surface area (TPSA) is 51.1 Å². The van der Waals surface area contributed by atoms with Crippen LogP contribution in [0.2, 0.25) is 0 Å². The van der Waals surface area contributed by atoms with Crippen molar-refractivity contribution >= 4 is 17.4 Å². The molecular weight excluding hydrogens is 409 g/mol. The molecule has 8 heteroatoms. The number of alkyl halides is 3. The summed E-state index contributed by atoms with van der Waals surface area (Å²) in [5.74, 6) is 0.470. The highest BCUT2D eigenvalue weighted by Gasteiger charge is 2.30. The molecule has 1 unspecified atom stereocenters. The van der Waals surface area contributed by atoms with E-state index in [1.54, 1.807) is 12.1 Å². The number of carbonyl (C=O) groups is 1. The highest BCUT2D eigenvalue weighted by Crippen LogP contribution is 2.30. The predicted octanol–water partition coefficient (Wildman–Crippen LogP) is 5.34. The summed E-state index contributed by atoms with van der Waals surface area (Å²) in [4.78, 5) is 11.1. The number of hydrazone groups is 1. The van der Waals surface area contributed by atoms with E-state index in [4.69, 9.17) is 4.74 Å². The molecule has 2 rings (SSSR count). The number of nitrogens with zero attached hydrogens (tertiary/aromatic N) is 2. The first-order chi connectivity index (χ1) is 14.6. The third-order valence-electron chi connectivity index (χ3n) is 4.62. The molecule has 0 aliphatic heterocycles. The van der Waals surface area contributed by atoms with Crippen molar-refractivity contribution in [3.63, 3.8) is 0 Å². The normalized spacial score (nSPS) is 12.9. The molecule has 0 radical (unpaired) electrons. The Morgan fingerprint density at radius 3 is 2.26 bits per heavy atom. The first-order valence-electron chi connectivity index (χ1n) is 9.82. The van der Waals surface area contributed by atoms with E-state index >= 15 is 0 Å². The van der Waals surface area contributed by atoms with Gasteiger partial charge in [0.05, 0.1) is 18.4 Å². The lowest BCUT2D eigenvalue weighted by atomic mass is 9.96.